The van der Waals surface area contributed by atoms with Crippen LogP contribution in [0, 0.1) is 0 Å². The van der Waals surface area contributed by atoms with Crippen molar-refractivity contribution in [2.24, 2.45) is 0 Å². The van der Waals surface area contributed by atoms with Crippen molar-refractivity contribution in [1.82, 2.24) is 9.55 Å². The van der Waals surface area contributed by atoms with Gasteiger partial charge in [0.1, 0.15) is 0 Å². The molecular weight excluding hydrogens is 258 g/mol. The maximum atomic E-state index is 12.6. The van der Waals surface area contributed by atoms with Crippen LogP contribution in [0.1, 0.15) is 31.7 Å². The summed E-state index contributed by atoms with van der Waals surface area (Å²) in [5.41, 5.74) is 1.56. The molecule has 0 unspecified atom stereocenters. The third kappa shape index (κ3) is 2.30. The Morgan fingerprint density at radius 2 is 2.21 bits per heavy atom. The van der Waals surface area contributed by atoms with Crippen LogP contribution < -0.4 is 10.9 Å². The average Bonchev–Trinajstić information content (AvgIpc) is 3.10. The van der Waals surface area contributed by atoms with Gasteiger partial charge in [0.05, 0.1) is 11.3 Å². The van der Waals surface area contributed by atoms with Gasteiger partial charge in [-0.15, -0.1) is 11.3 Å². The summed E-state index contributed by atoms with van der Waals surface area (Å²) in [4.78, 5) is 17.0. The second-order valence-electron chi connectivity index (χ2n) is 4.86. The lowest BCUT2D eigenvalue weighted by molar-refractivity contribution is 0.503. The molecule has 100 valence electrons. The molecule has 1 N–H and O–H groups in total. The number of thiazole rings is 1. The van der Waals surface area contributed by atoms with Gasteiger partial charge in [-0.05, 0) is 25.0 Å². The van der Waals surface area contributed by atoms with Gasteiger partial charge in [-0.1, -0.05) is 12.8 Å². The zero-order valence-corrected chi connectivity index (χ0v) is 11.7. The van der Waals surface area contributed by atoms with E-state index in [-0.39, 0.29) is 5.56 Å². The molecule has 2 heterocycles. The van der Waals surface area contributed by atoms with Crippen molar-refractivity contribution in [2.75, 3.05) is 12.4 Å². The molecule has 1 fully saturated rings. The van der Waals surface area contributed by atoms with E-state index in [2.05, 4.69) is 10.3 Å². The Bertz CT molecular complexity index is 626. The largest absolute Gasteiger partial charge is 0.365 e. The van der Waals surface area contributed by atoms with E-state index in [0.29, 0.717) is 11.6 Å². The van der Waals surface area contributed by atoms with Gasteiger partial charge in [0, 0.05) is 24.7 Å². The summed E-state index contributed by atoms with van der Waals surface area (Å²) >= 11 is 1.52. The molecule has 19 heavy (non-hydrogen) atoms. The Balaban J connectivity index is 2.02. The Kier molecular flexibility index (Phi) is 3.38. The molecule has 0 radical (unpaired) electrons. The summed E-state index contributed by atoms with van der Waals surface area (Å²) in [6.45, 7) is 0. The molecule has 0 amide bonds. The fraction of sp³-hybridized carbons (Fsp3) is 0.429. The first-order chi connectivity index (χ1) is 9.29. The second-order valence-corrected chi connectivity index (χ2v) is 5.72. The Morgan fingerprint density at radius 3 is 2.89 bits per heavy atom. The van der Waals surface area contributed by atoms with E-state index in [1.807, 2.05) is 35.3 Å². The number of hydrogen-bond donors (Lipinski definition) is 1. The summed E-state index contributed by atoms with van der Waals surface area (Å²) in [5, 5.41) is 5.78. The molecule has 0 atom stereocenters. The van der Waals surface area contributed by atoms with Crippen molar-refractivity contribution in [3.05, 3.63) is 34.1 Å². The van der Waals surface area contributed by atoms with Crippen LogP contribution in [-0.2, 0) is 0 Å². The topological polar surface area (TPSA) is 46.9 Å². The van der Waals surface area contributed by atoms with Crippen molar-refractivity contribution in [3.63, 3.8) is 0 Å². The minimum atomic E-state index is 0.0855. The molecule has 0 saturated heterocycles. The third-order valence-electron chi connectivity index (χ3n) is 3.69. The summed E-state index contributed by atoms with van der Waals surface area (Å²) in [6.07, 6.45) is 6.58. The predicted octanol–water partition coefficient (Wildman–Crippen LogP) is 3.13. The number of pyridine rings is 1. The van der Waals surface area contributed by atoms with Crippen LogP contribution in [0.2, 0.25) is 0 Å². The van der Waals surface area contributed by atoms with Crippen molar-refractivity contribution < 1.29 is 0 Å². The van der Waals surface area contributed by atoms with Crippen molar-refractivity contribution in [2.45, 2.75) is 31.7 Å². The van der Waals surface area contributed by atoms with Crippen LogP contribution in [0.5, 0.6) is 0 Å². The third-order valence-corrected chi connectivity index (χ3v) is 4.55. The molecular formula is C14H17N3OS. The smallest absolute Gasteiger partial charge is 0.260 e. The van der Waals surface area contributed by atoms with Gasteiger partial charge >= 0.3 is 0 Å². The minimum Gasteiger partial charge on any atom is -0.365 e. The molecule has 0 aliphatic heterocycles. The van der Waals surface area contributed by atoms with Crippen LogP contribution in [-0.4, -0.2) is 16.6 Å². The highest BCUT2D eigenvalue weighted by molar-refractivity contribution is 7.14. The van der Waals surface area contributed by atoms with E-state index in [0.717, 1.165) is 23.7 Å². The number of nitrogens with zero attached hydrogens (tertiary/aromatic N) is 2. The molecule has 1 saturated carbocycles. The zero-order valence-electron chi connectivity index (χ0n) is 10.9. The normalized spacial score (nSPS) is 15.8. The minimum absolute atomic E-state index is 0.0855. The van der Waals surface area contributed by atoms with E-state index >= 15 is 0 Å². The molecule has 3 rings (SSSR count). The van der Waals surface area contributed by atoms with Crippen LogP contribution in [0.15, 0.2) is 28.5 Å². The zero-order chi connectivity index (χ0) is 13.2. The van der Waals surface area contributed by atoms with E-state index < -0.39 is 0 Å². The molecule has 2 aromatic heterocycles. The fourth-order valence-electron chi connectivity index (χ4n) is 2.69. The second kappa shape index (κ2) is 5.17. The highest BCUT2D eigenvalue weighted by atomic mass is 32.1. The maximum Gasteiger partial charge on any atom is 0.260 e. The summed E-state index contributed by atoms with van der Waals surface area (Å²) in [6, 6.07) is 4.19. The summed E-state index contributed by atoms with van der Waals surface area (Å²) in [7, 11) is 1.84. The van der Waals surface area contributed by atoms with Crippen LogP contribution in [0.4, 0.5) is 5.13 Å². The molecule has 5 heteroatoms. The van der Waals surface area contributed by atoms with Crippen molar-refractivity contribution >= 4 is 16.5 Å². The van der Waals surface area contributed by atoms with Crippen molar-refractivity contribution in [1.29, 1.82) is 0 Å². The summed E-state index contributed by atoms with van der Waals surface area (Å²) < 4.78 is 1.89. The monoisotopic (exact) mass is 275 g/mol. The first-order valence-corrected chi connectivity index (χ1v) is 7.52. The predicted molar refractivity (Wildman–Crippen MR) is 78.9 cm³/mol. The number of anilines is 1. The van der Waals surface area contributed by atoms with Gasteiger partial charge in [0.15, 0.2) is 5.13 Å². The van der Waals surface area contributed by atoms with E-state index in [1.165, 1.54) is 24.2 Å². The number of rotatable bonds is 3. The van der Waals surface area contributed by atoms with Crippen LogP contribution in [0.25, 0.3) is 11.3 Å². The molecule has 4 nitrogen and oxygen atoms in total. The van der Waals surface area contributed by atoms with Gasteiger partial charge in [0.25, 0.3) is 5.56 Å². The fourth-order valence-corrected chi connectivity index (χ4v) is 3.36. The number of nitrogens with one attached hydrogen (secondary N) is 1. The van der Waals surface area contributed by atoms with Gasteiger partial charge in [-0.3, -0.25) is 4.79 Å². The lowest BCUT2D eigenvalue weighted by Crippen LogP contribution is -2.24. The highest BCUT2D eigenvalue weighted by Gasteiger charge is 2.19. The molecule has 0 aromatic carbocycles. The van der Waals surface area contributed by atoms with Gasteiger partial charge in [0.2, 0.25) is 0 Å². The molecule has 1 aliphatic rings. The van der Waals surface area contributed by atoms with E-state index in [4.69, 9.17) is 0 Å². The molecule has 1 aliphatic carbocycles. The first kappa shape index (κ1) is 12.4. The van der Waals surface area contributed by atoms with Gasteiger partial charge in [-0.2, -0.15) is 0 Å². The van der Waals surface area contributed by atoms with E-state index in [9.17, 15) is 4.79 Å². The first-order valence-electron chi connectivity index (χ1n) is 6.64. The van der Waals surface area contributed by atoms with Crippen LogP contribution >= 0.6 is 11.3 Å². The number of aromatic nitrogens is 2. The molecule has 0 bridgehead atoms. The highest BCUT2D eigenvalue weighted by Crippen LogP contribution is 2.29. The van der Waals surface area contributed by atoms with Crippen molar-refractivity contribution in [3.8, 4) is 11.3 Å². The maximum absolute atomic E-state index is 12.6. The van der Waals surface area contributed by atoms with Crippen LogP contribution in [0.3, 0.4) is 0 Å². The van der Waals surface area contributed by atoms with Gasteiger partial charge < -0.3 is 9.88 Å². The SMILES string of the molecule is CNc1nc(-c2cccn(C3CCCC3)c2=O)cs1. The standard InChI is InChI=1S/C14H17N3OS/c1-15-14-16-12(9-19-14)11-7-4-8-17(13(11)18)10-5-2-3-6-10/h4,7-10H,2-3,5-6H2,1H3,(H,15,16). The lowest BCUT2D eigenvalue weighted by Gasteiger charge is -2.13. The van der Waals surface area contributed by atoms with Gasteiger partial charge in [-0.25, -0.2) is 4.98 Å². The van der Waals surface area contributed by atoms with E-state index in [1.54, 1.807) is 0 Å². The lowest BCUT2D eigenvalue weighted by atomic mass is 10.2. The molecule has 2 aromatic rings. The Labute approximate surface area is 116 Å². The Morgan fingerprint density at radius 1 is 1.42 bits per heavy atom. The Hall–Kier alpha value is -1.62. The summed E-state index contributed by atoms with van der Waals surface area (Å²) in [5.74, 6) is 0. The quantitative estimate of drug-likeness (QED) is 0.936. The average molecular weight is 275 g/mol. The molecule has 0 spiro atoms. The number of hydrogen-bond acceptors (Lipinski definition) is 4.